The number of para-hydroxylation sites is 1. The van der Waals surface area contributed by atoms with Crippen LogP contribution in [0.15, 0.2) is 77.3 Å². The number of anilines is 1. The zero-order valence-corrected chi connectivity index (χ0v) is 16.4. The van der Waals surface area contributed by atoms with Crippen LogP contribution in [0.25, 0.3) is 0 Å². The van der Waals surface area contributed by atoms with Crippen molar-refractivity contribution in [2.75, 3.05) is 11.5 Å². The van der Waals surface area contributed by atoms with Gasteiger partial charge in [0.1, 0.15) is 11.6 Å². The number of benzene rings is 2. The van der Waals surface area contributed by atoms with Gasteiger partial charge in [0, 0.05) is 23.4 Å². The van der Waals surface area contributed by atoms with Crippen LogP contribution < -0.4 is 15.4 Å². The van der Waals surface area contributed by atoms with Crippen LogP contribution in [0.4, 0.5) is 5.69 Å². The van der Waals surface area contributed by atoms with E-state index in [1.807, 2.05) is 66.4 Å². The van der Waals surface area contributed by atoms with Crippen LogP contribution in [-0.4, -0.2) is 12.4 Å². The lowest BCUT2D eigenvalue weighted by molar-refractivity contribution is -0.116. The summed E-state index contributed by atoms with van der Waals surface area (Å²) < 4.78 is 5.54. The maximum Gasteiger partial charge on any atom is 0.161 e. The highest BCUT2D eigenvalue weighted by Crippen LogP contribution is 2.46. The molecule has 1 atom stereocenters. The molecule has 2 aromatic rings. The van der Waals surface area contributed by atoms with E-state index in [4.69, 9.17) is 10.5 Å². The van der Waals surface area contributed by atoms with Crippen molar-refractivity contribution in [3.8, 4) is 11.8 Å². The van der Waals surface area contributed by atoms with Gasteiger partial charge in [-0.25, -0.2) is 0 Å². The van der Waals surface area contributed by atoms with E-state index in [1.54, 1.807) is 0 Å². The molecule has 2 N–H and O–H groups in total. The monoisotopic (exact) mass is 385 g/mol. The Bertz CT molecular complexity index is 1030. The van der Waals surface area contributed by atoms with Crippen molar-refractivity contribution < 1.29 is 9.53 Å². The van der Waals surface area contributed by atoms with Gasteiger partial charge < -0.3 is 10.5 Å². The molecule has 1 aliphatic heterocycles. The maximum atomic E-state index is 13.0. The number of allylic oxidation sites excluding steroid dienone is 3. The molecule has 0 bridgehead atoms. The number of nitrogens with two attached hydrogens (primary N) is 1. The van der Waals surface area contributed by atoms with Crippen LogP contribution in [0.5, 0.6) is 5.75 Å². The topological polar surface area (TPSA) is 79.3 Å². The Hall–Kier alpha value is -3.52. The Balaban J connectivity index is 1.89. The lowest BCUT2D eigenvalue weighted by Crippen LogP contribution is -2.38. The Kier molecular flexibility index (Phi) is 5.09. The average molecular weight is 385 g/mol. The number of rotatable bonds is 4. The van der Waals surface area contributed by atoms with Gasteiger partial charge >= 0.3 is 0 Å². The Morgan fingerprint density at radius 1 is 1.14 bits per heavy atom. The highest BCUT2D eigenvalue weighted by atomic mass is 16.5. The van der Waals surface area contributed by atoms with E-state index in [1.165, 1.54) is 0 Å². The van der Waals surface area contributed by atoms with Gasteiger partial charge in [-0.05, 0) is 49.6 Å². The molecule has 1 aliphatic carbocycles. The number of hydrogen-bond donors (Lipinski definition) is 1. The standard InChI is InChI=1S/C24H23N3O2/c1-2-29-18-13-11-16(12-14-18)22-19(15-25)24(26)27(17-7-4-3-5-8-17)20-9-6-10-21(28)23(20)22/h3-5,7-8,11-14,22H,2,6,9-10,26H2,1H3/t22-/m1/s1. The number of nitrogens with zero attached hydrogens (tertiary/aromatic N) is 2. The number of ether oxygens (including phenoxy) is 1. The van der Waals surface area contributed by atoms with Gasteiger partial charge in [0.15, 0.2) is 5.78 Å². The van der Waals surface area contributed by atoms with Crippen molar-refractivity contribution in [3.63, 3.8) is 0 Å². The summed E-state index contributed by atoms with van der Waals surface area (Å²) in [5, 5.41) is 10.0. The fraction of sp³-hybridized carbons (Fsp3) is 0.250. The van der Waals surface area contributed by atoms with E-state index >= 15 is 0 Å². The molecule has 146 valence electrons. The Morgan fingerprint density at radius 2 is 1.86 bits per heavy atom. The molecule has 0 aromatic heterocycles. The van der Waals surface area contributed by atoms with Crippen LogP contribution in [0.1, 0.15) is 37.7 Å². The van der Waals surface area contributed by atoms with Crippen molar-refractivity contribution >= 4 is 11.5 Å². The molecule has 0 unspecified atom stereocenters. The van der Waals surface area contributed by atoms with E-state index in [2.05, 4.69) is 6.07 Å². The Labute approximate surface area is 170 Å². The normalized spacial score (nSPS) is 19.1. The number of carbonyl (C=O) groups is 1. The molecule has 29 heavy (non-hydrogen) atoms. The summed E-state index contributed by atoms with van der Waals surface area (Å²) in [7, 11) is 0. The zero-order chi connectivity index (χ0) is 20.4. The van der Waals surface area contributed by atoms with E-state index in [9.17, 15) is 10.1 Å². The van der Waals surface area contributed by atoms with Crippen molar-refractivity contribution in [2.45, 2.75) is 32.1 Å². The first-order valence-electron chi connectivity index (χ1n) is 9.89. The highest BCUT2D eigenvalue weighted by Gasteiger charge is 2.40. The summed E-state index contributed by atoms with van der Waals surface area (Å²) in [4.78, 5) is 14.9. The van der Waals surface area contributed by atoms with Crippen LogP contribution in [0, 0.1) is 11.3 Å². The van der Waals surface area contributed by atoms with Gasteiger partial charge in [0.2, 0.25) is 0 Å². The first-order valence-corrected chi connectivity index (χ1v) is 9.89. The number of ketones is 1. The second-order valence-corrected chi connectivity index (χ2v) is 7.15. The molecule has 0 saturated carbocycles. The van der Waals surface area contributed by atoms with Crippen LogP contribution in [0.3, 0.4) is 0 Å². The molecule has 5 nitrogen and oxygen atoms in total. The van der Waals surface area contributed by atoms with E-state index in [0.717, 1.165) is 35.5 Å². The number of hydrogen-bond acceptors (Lipinski definition) is 5. The van der Waals surface area contributed by atoms with Crippen LogP contribution in [0.2, 0.25) is 0 Å². The summed E-state index contributed by atoms with van der Waals surface area (Å²) in [5.74, 6) is 0.799. The maximum absolute atomic E-state index is 13.0. The summed E-state index contributed by atoms with van der Waals surface area (Å²) in [5.41, 5.74) is 10.3. The van der Waals surface area contributed by atoms with Crippen molar-refractivity contribution in [1.82, 2.24) is 0 Å². The molecule has 0 radical (unpaired) electrons. The largest absolute Gasteiger partial charge is 0.494 e. The molecule has 0 fully saturated rings. The third kappa shape index (κ3) is 3.27. The predicted molar refractivity (Wildman–Crippen MR) is 112 cm³/mol. The third-order valence-corrected chi connectivity index (χ3v) is 5.45. The Morgan fingerprint density at radius 3 is 2.52 bits per heavy atom. The molecule has 1 heterocycles. The van der Waals surface area contributed by atoms with E-state index in [-0.39, 0.29) is 5.78 Å². The molecule has 5 heteroatoms. The minimum absolute atomic E-state index is 0.0892. The average Bonchev–Trinajstić information content (AvgIpc) is 2.74. The quantitative estimate of drug-likeness (QED) is 0.844. The molecule has 0 spiro atoms. The first-order chi connectivity index (χ1) is 14.2. The van der Waals surface area contributed by atoms with Gasteiger partial charge in [-0.1, -0.05) is 30.3 Å². The number of Topliss-reactive ketones (excluding diaryl/α,β-unsaturated/α-hetero) is 1. The summed E-state index contributed by atoms with van der Waals surface area (Å²) in [6, 6.07) is 19.6. The van der Waals surface area contributed by atoms with Crippen LogP contribution >= 0.6 is 0 Å². The van der Waals surface area contributed by atoms with E-state index < -0.39 is 5.92 Å². The SMILES string of the molecule is CCOc1ccc([C@@H]2C(C#N)=C(N)N(c3ccccc3)C3=C2C(=O)CCC3)cc1. The summed E-state index contributed by atoms with van der Waals surface area (Å²) in [6.07, 6.45) is 2.03. The fourth-order valence-electron chi connectivity index (χ4n) is 4.21. The van der Waals surface area contributed by atoms with Gasteiger partial charge in [-0.3, -0.25) is 9.69 Å². The molecular weight excluding hydrogens is 362 g/mol. The third-order valence-electron chi connectivity index (χ3n) is 5.45. The number of nitriles is 1. The predicted octanol–water partition coefficient (Wildman–Crippen LogP) is 4.39. The lowest BCUT2D eigenvalue weighted by Gasteiger charge is -2.39. The second-order valence-electron chi connectivity index (χ2n) is 7.15. The van der Waals surface area contributed by atoms with Crippen molar-refractivity contribution in [2.24, 2.45) is 5.73 Å². The lowest BCUT2D eigenvalue weighted by atomic mass is 9.75. The minimum atomic E-state index is -0.446. The molecule has 0 amide bonds. The highest BCUT2D eigenvalue weighted by molar-refractivity contribution is 6.01. The second kappa shape index (κ2) is 7.84. The van der Waals surface area contributed by atoms with Gasteiger partial charge in [0.05, 0.1) is 24.2 Å². The summed E-state index contributed by atoms with van der Waals surface area (Å²) in [6.45, 7) is 2.51. The fourth-order valence-corrected chi connectivity index (χ4v) is 4.21. The molecule has 4 rings (SSSR count). The van der Waals surface area contributed by atoms with E-state index in [0.29, 0.717) is 30.0 Å². The number of carbonyl (C=O) groups excluding carboxylic acids is 1. The smallest absolute Gasteiger partial charge is 0.161 e. The van der Waals surface area contributed by atoms with Crippen molar-refractivity contribution in [3.05, 3.63) is 82.8 Å². The molecule has 0 saturated heterocycles. The molecule has 2 aliphatic rings. The first kappa shape index (κ1) is 18.8. The molecular formula is C24H23N3O2. The van der Waals surface area contributed by atoms with Gasteiger partial charge in [-0.2, -0.15) is 5.26 Å². The zero-order valence-electron chi connectivity index (χ0n) is 16.4. The molecule has 2 aromatic carbocycles. The minimum Gasteiger partial charge on any atom is -0.494 e. The van der Waals surface area contributed by atoms with Crippen LogP contribution in [-0.2, 0) is 4.79 Å². The van der Waals surface area contributed by atoms with Gasteiger partial charge in [0.25, 0.3) is 0 Å². The summed E-state index contributed by atoms with van der Waals surface area (Å²) >= 11 is 0. The van der Waals surface area contributed by atoms with Crippen molar-refractivity contribution in [1.29, 1.82) is 5.26 Å². The van der Waals surface area contributed by atoms with Gasteiger partial charge in [-0.15, -0.1) is 0 Å².